The van der Waals surface area contributed by atoms with Crippen LogP contribution in [0.2, 0.25) is 0 Å². The number of carbonyl (C=O) groups is 1. The molecule has 2 heterocycles. The van der Waals surface area contributed by atoms with Crippen molar-refractivity contribution >= 4 is 27.7 Å². The number of anilines is 1. The topological polar surface area (TPSA) is 51.9 Å². The Hall–Kier alpha value is -1.56. The number of hydrogen-bond acceptors (Lipinski definition) is 2. The Labute approximate surface area is 126 Å². The Balaban J connectivity index is 1.84. The van der Waals surface area contributed by atoms with E-state index in [-0.39, 0.29) is 11.9 Å². The lowest BCUT2D eigenvalue weighted by atomic mass is 10.3. The van der Waals surface area contributed by atoms with Crippen molar-refractivity contribution in [2.24, 2.45) is 0 Å². The van der Waals surface area contributed by atoms with Crippen molar-refractivity contribution in [2.75, 3.05) is 5.32 Å². The summed E-state index contributed by atoms with van der Waals surface area (Å²) in [6.07, 6.45) is 5.97. The summed E-state index contributed by atoms with van der Waals surface area (Å²) in [6.45, 7) is 4.07. The van der Waals surface area contributed by atoms with E-state index in [9.17, 15) is 4.79 Å². The normalized spacial score (nSPS) is 14.8. The van der Waals surface area contributed by atoms with E-state index in [1.807, 2.05) is 32.2 Å². The second kappa shape index (κ2) is 5.09. The average Bonchev–Trinajstić information content (AvgIpc) is 3.00. The molecule has 1 saturated carbocycles. The van der Waals surface area contributed by atoms with Crippen LogP contribution in [0.25, 0.3) is 0 Å². The van der Waals surface area contributed by atoms with Gasteiger partial charge in [-0.05, 0) is 48.7 Å². The van der Waals surface area contributed by atoms with Crippen LogP contribution in [0, 0.1) is 0 Å². The second-order valence-electron chi connectivity index (χ2n) is 5.39. The van der Waals surface area contributed by atoms with Crippen LogP contribution in [-0.2, 0) is 0 Å². The fraction of sp³-hybridized carbons (Fsp3) is 0.429. The molecule has 2 aromatic heterocycles. The van der Waals surface area contributed by atoms with E-state index in [1.54, 1.807) is 10.9 Å². The molecule has 106 valence electrons. The molecule has 0 aromatic carbocycles. The molecule has 3 rings (SSSR count). The predicted octanol–water partition coefficient (Wildman–Crippen LogP) is 3.62. The molecule has 1 N–H and O–H groups in total. The van der Waals surface area contributed by atoms with Gasteiger partial charge in [-0.25, -0.2) is 4.68 Å². The largest absolute Gasteiger partial charge is 0.339 e. The van der Waals surface area contributed by atoms with Crippen molar-refractivity contribution in [1.82, 2.24) is 14.3 Å². The molecular weight excluding hydrogens is 320 g/mol. The minimum Gasteiger partial charge on any atom is -0.339 e. The van der Waals surface area contributed by atoms with Gasteiger partial charge in [-0.2, -0.15) is 5.10 Å². The number of rotatable bonds is 4. The van der Waals surface area contributed by atoms with E-state index >= 15 is 0 Å². The van der Waals surface area contributed by atoms with E-state index in [2.05, 4.69) is 30.9 Å². The highest BCUT2D eigenvalue weighted by atomic mass is 79.9. The lowest BCUT2D eigenvalue weighted by Crippen LogP contribution is -2.19. The summed E-state index contributed by atoms with van der Waals surface area (Å²) in [6, 6.07) is 4.36. The maximum atomic E-state index is 12.5. The highest BCUT2D eigenvalue weighted by molar-refractivity contribution is 9.10. The molecule has 5 nitrogen and oxygen atoms in total. The maximum absolute atomic E-state index is 12.5. The molecule has 0 spiro atoms. The lowest BCUT2D eigenvalue weighted by molar-refractivity contribution is 0.101. The molecule has 1 aliphatic rings. The summed E-state index contributed by atoms with van der Waals surface area (Å²) >= 11 is 3.44. The summed E-state index contributed by atoms with van der Waals surface area (Å²) in [4.78, 5) is 12.5. The molecule has 1 fully saturated rings. The molecule has 6 heteroatoms. The van der Waals surface area contributed by atoms with Gasteiger partial charge in [0.1, 0.15) is 11.5 Å². The monoisotopic (exact) mass is 336 g/mol. The van der Waals surface area contributed by atoms with Gasteiger partial charge in [0.2, 0.25) is 0 Å². The standard InChI is InChI=1S/C14H17BrN4O/c1-9(2)19-13(5-6-16-19)17-14(20)12-7-10(15)8-18(12)11-3-4-11/h5-9,11H,3-4H2,1-2H3,(H,17,20). The average molecular weight is 337 g/mol. The van der Waals surface area contributed by atoms with E-state index in [1.165, 1.54) is 0 Å². The van der Waals surface area contributed by atoms with E-state index in [4.69, 9.17) is 0 Å². The van der Waals surface area contributed by atoms with Crippen LogP contribution < -0.4 is 5.32 Å². The van der Waals surface area contributed by atoms with E-state index < -0.39 is 0 Å². The van der Waals surface area contributed by atoms with Crippen molar-refractivity contribution in [3.8, 4) is 0 Å². The first-order chi connectivity index (χ1) is 9.56. The summed E-state index contributed by atoms with van der Waals surface area (Å²) in [5, 5.41) is 7.17. The van der Waals surface area contributed by atoms with Gasteiger partial charge < -0.3 is 9.88 Å². The quantitative estimate of drug-likeness (QED) is 0.926. The number of halogens is 1. The molecule has 1 amide bonds. The molecular formula is C14H17BrN4O. The minimum atomic E-state index is -0.0926. The molecule has 0 aliphatic heterocycles. The summed E-state index contributed by atoms with van der Waals surface area (Å²) < 4.78 is 4.79. The van der Waals surface area contributed by atoms with Crippen molar-refractivity contribution < 1.29 is 4.79 Å². The number of nitrogens with one attached hydrogen (secondary N) is 1. The second-order valence-corrected chi connectivity index (χ2v) is 6.31. The Morgan fingerprint density at radius 3 is 2.90 bits per heavy atom. The van der Waals surface area contributed by atoms with Crippen LogP contribution in [0.5, 0.6) is 0 Å². The first kappa shape index (κ1) is 13.4. The summed E-state index contributed by atoms with van der Waals surface area (Å²) in [5.74, 6) is 0.634. The molecule has 0 atom stereocenters. The third kappa shape index (κ3) is 2.52. The fourth-order valence-electron chi connectivity index (χ4n) is 2.29. The number of amides is 1. The van der Waals surface area contributed by atoms with Crippen LogP contribution in [0.3, 0.4) is 0 Å². The number of nitrogens with zero attached hydrogens (tertiary/aromatic N) is 3. The van der Waals surface area contributed by atoms with E-state index in [0.717, 1.165) is 23.1 Å². The van der Waals surface area contributed by atoms with Gasteiger partial charge in [0, 0.05) is 28.8 Å². The SMILES string of the molecule is CC(C)n1nccc1NC(=O)c1cc(Br)cn1C1CC1. The molecule has 20 heavy (non-hydrogen) atoms. The van der Waals surface area contributed by atoms with Crippen LogP contribution >= 0.6 is 15.9 Å². The third-order valence-corrected chi connectivity index (χ3v) is 3.82. The van der Waals surface area contributed by atoms with Gasteiger partial charge in [0.05, 0.1) is 6.20 Å². The summed E-state index contributed by atoms with van der Waals surface area (Å²) in [5.41, 5.74) is 0.691. The van der Waals surface area contributed by atoms with Crippen molar-refractivity contribution in [3.05, 3.63) is 34.7 Å². The predicted molar refractivity (Wildman–Crippen MR) is 81.0 cm³/mol. The molecule has 0 unspecified atom stereocenters. The highest BCUT2D eigenvalue weighted by Gasteiger charge is 2.28. The smallest absolute Gasteiger partial charge is 0.273 e. The van der Waals surface area contributed by atoms with Gasteiger partial charge in [0.25, 0.3) is 5.91 Å². The Bertz CT molecular complexity index is 639. The van der Waals surface area contributed by atoms with Crippen LogP contribution in [0.15, 0.2) is 29.0 Å². The minimum absolute atomic E-state index is 0.0926. The molecule has 2 aromatic rings. The molecule has 0 radical (unpaired) electrons. The zero-order chi connectivity index (χ0) is 14.3. The third-order valence-electron chi connectivity index (χ3n) is 3.39. The van der Waals surface area contributed by atoms with Crippen LogP contribution in [0.1, 0.15) is 49.3 Å². The van der Waals surface area contributed by atoms with Gasteiger partial charge in [0.15, 0.2) is 0 Å². The number of hydrogen-bond donors (Lipinski definition) is 1. The Morgan fingerprint density at radius 1 is 1.50 bits per heavy atom. The van der Waals surface area contributed by atoms with Gasteiger partial charge in [-0.3, -0.25) is 4.79 Å². The number of aromatic nitrogens is 3. The van der Waals surface area contributed by atoms with Crippen molar-refractivity contribution in [3.63, 3.8) is 0 Å². The van der Waals surface area contributed by atoms with Crippen LogP contribution in [0.4, 0.5) is 5.82 Å². The molecule has 0 bridgehead atoms. The van der Waals surface area contributed by atoms with Gasteiger partial charge >= 0.3 is 0 Å². The molecule has 0 saturated heterocycles. The fourth-order valence-corrected chi connectivity index (χ4v) is 2.72. The molecule has 1 aliphatic carbocycles. The lowest BCUT2D eigenvalue weighted by Gasteiger charge is -2.12. The first-order valence-electron chi connectivity index (χ1n) is 6.78. The zero-order valence-electron chi connectivity index (χ0n) is 11.5. The first-order valence-corrected chi connectivity index (χ1v) is 7.58. The van der Waals surface area contributed by atoms with Gasteiger partial charge in [-0.15, -0.1) is 0 Å². The van der Waals surface area contributed by atoms with E-state index in [0.29, 0.717) is 11.7 Å². The van der Waals surface area contributed by atoms with Crippen LogP contribution in [-0.4, -0.2) is 20.3 Å². The van der Waals surface area contributed by atoms with Crippen molar-refractivity contribution in [1.29, 1.82) is 0 Å². The van der Waals surface area contributed by atoms with Crippen molar-refractivity contribution in [2.45, 2.75) is 38.8 Å². The maximum Gasteiger partial charge on any atom is 0.273 e. The zero-order valence-corrected chi connectivity index (χ0v) is 13.1. The van der Waals surface area contributed by atoms with Gasteiger partial charge in [-0.1, -0.05) is 0 Å². The highest BCUT2D eigenvalue weighted by Crippen LogP contribution is 2.37. The number of carbonyl (C=O) groups excluding carboxylic acids is 1. The Kier molecular flexibility index (Phi) is 3.41. The Morgan fingerprint density at radius 2 is 2.25 bits per heavy atom. The summed E-state index contributed by atoms with van der Waals surface area (Å²) in [7, 11) is 0.